The molecule has 11 nitrogen and oxygen atoms in total. The highest BCUT2D eigenvalue weighted by Gasteiger charge is 2.40. The topological polar surface area (TPSA) is 139 Å². The molecule has 6 unspecified atom stereocenters. The number of carbonyl (C=O) groups excluding carboxylic acids is 1. The van der Waals surface area contributed by atoms with Crippen molar-refractivity contribution in [3.8, 4) is 0 Å². The van der Waals surface area contributed by atoms with Gasteiger partial charge in [-0.15, -0.1) is 0 Å². The maximum absolute atomic E-state index is 13.1. The molecule has 51 heavy (non-hydrogen) atoms. The van der Waals surface area contributed by atoms with Crippen LogP contribution < -0.4 is 0 Å². The van der Waals surface area contributed by atoms with E-state index in [9.17, 15) is 23.9 Å². The van der Waals surface area contributed by atoms with E-state index in [1.165, 1.54) is 5.06 Å². The molecule has 2 fully saturated rings. The molecule has 1 N–H and O–H groups in total. The van der Waals surface area contributed by atoms with Crippen molar-refractivity contribution in [3.63, 3.8) is 0 Å². The van der Waals surface area contributed by atoms with Crippen molar-refractivity contribution in [3.05, 3.63) is 77.8 Å². The van der Waals surface area contributed by atoms with Crippen molar-refractivity contribution in [1.82, 2.24) is 24.1 Å². The number of aliphatic hydroxyl groups excluding tert-OH is 1. The Morgan fingerprint density at radius 3 is 2.31 bits per heavy atom. The lowest BCUT2D eigenvalue weighted by Gasteiger charge is -2.59. The van der Waals surface area contributed by atoms with Crippen LogP contribution in [0.4, 0.5) is 0 Å². The van der Waals surface area contributed by atoms with Crippen LogP contribution in [0.2, 0.25) is 0 Å². The van der Waals surface area contributed by atoms with Gasteiger partial charge in [-0.25, -0.2) is 4.98 Å². The molecule has 2 aliphatic rings. The minimum Gasteiger partial charge on any atom is -0.784 e. The number of piperidine rings is 1. The van der Waals surface area contributed by atoms with Crippen LogP contribution in [0.1, 0.15) is 122 Å². The van der Waals surface area contributed by atoms with E-state index in [4.69, 9.17) is 4.74 Å². The SMILES string of the molecule is CCC(CC(CC(CC(C)n1ccc(CC(O)COC2CC(C)(C)N([O-])C(C)(C)C2)c1)c1ccc(S(=O)[O-])cc1)N1CCCC1=O)n1ccnc1. The number of hydroxylamine groups is 2. The summed E-state index contributed by atoms with van der Waals surface area (Å²) in [5, 5.41) is 24.9. The lowest BCUT2D eigenvalue weighted by atomic mass is 9.80. The second-order valence-electron chi connectivity index (χ2n) is 16.1. The fourth-order valence-corrected chi connectivity index (χ4v) is 8.87. The van der Waals surface area contributed by atoms with Gasteiger partial charge >= 0.3 is 0 Å². The van der Waals surface area contributed by atoms with Gasteiger partial charge in [-0.05, 0) is 126 Å². The molecule has 0 saturated carbocycles. The third-order valence-electron chi connectivity index (χ3n) is 11.1. The van der Waals surface area contributed by atoms with Gasteiger partial charge in [-0.1, -0.05) is 19.1 Å². The van der Waals surface area contributed by atoms with Gasteiger partial charge in [0.25, 0.3) is 0 Å². The molecule has 5 rings (SSSR count). The number of nitrogens with zero attached hydrogens (tertiary/aromatic N) is 5. The molecule has 0 radical (unpaired) electrons. The first-order chi connectivity index (χ1) is 24.2. The zero-order valence-corrected chi connectivity index (χ0v) is 32.0. The van der Waals surface area contributed by atoms with Crippen LogP contribution in [0.3, 0.4) is 0 Å². The van der Waals surface area contributed by atoms with Crippen molar-refractivity contribution >= 4 is 17.0 Å². The second-order valence-corrected chi connectivity index (χ2v) is 17.0. The molecule has 6 atom stereocenters. The van der Waals surface area contributed by atoms with E-state index in [1.807, 2.05) is 58.4 Å². The summed E-state index contributed by atoms with van der Waals surface area (Å²) in [5.41, 5.74) is 1.01. The van der Waals surface area contributed by atoms with Gasteiger partial charge in [0.1, 0.15) is 0 Å². The lowest BCUT2D eigenvalue weighted by Crippen LogP contribution is -2.59. The van der Waals surface area contributed by atoms with Crippen LogP contribution in [0.25, 0.3) is 0 Å². The first-order valence-corrected chi connectivity index (χ1v) is 19.6. The summed E-state index contributed by atoms with van der Waals surface area (Å²) in [5.74, 6) is 0.261. The average Bonchev–Trinajstić information content (AvgIpc) is 3.87. The van der Waals surface area contributed by atoms with Crippen molar-refractivity contribution in [2.75, 3.05) is 13.2 Å². The second kappa shape index (κ2) is 16.9. The molecule has 2 aromatic heterocycles. The molecule has 1 amide bonds. The largest absolute Gasteiger partial charge is 0.784 e. The van der Waals surface area contributed by atoms with Gasteiger partial charge in [0.2, 0.25) is 5.91 Å². The summed E-state index contributed by atoms with van der Waals surface area (Å²) in [4.78, 5) is 19.7. The van der Waals surface area contributed by atoms with E-state index in [0.717, 1.165) is 49.8 Å². The number of carbonyl (C=O) groups is 1. The quantitative estimate of drug-likeness (QED) is 0.155. The van der Waals surface area contributed by atoms with E-state index in [1.54, 1.807) is 18.3 Å². The van der Waals surface area contributed by atoms with Crippen molar-refractivity contribution in [2.24, 2.45) is 0 Å². The monoisotopic (exact) mass is 723 g/mol. The predicted octanol–water partition coefficient (Wildman–Crippen LogP) is 6.52. The Labute approximate surface area is 306 Å². The molecular weight excluding hydrogens is 667 g/mol. The predicted molar refractivity (Wildman–Crippen MR) is 198 cm³/mol. The number of hydrogen-bond acceptors (Lipinski definition) is 8. The summed E-state index contributed by atoms with van der Waals surface area (Å²) in [6, 6.07) is 9.51. The number of benzene rings is 1. The minimum absolute atomic E-state index is 0.0188. The summed E-state index contributed by atoms with van der Waals surface area (Å²) < 4.78 is 33.8. The molecule has 12 heteroatoms. The van der Waals surface area contributed by atoms with Crippen LogP contribution >= 0.6 is 0 Å². The normalized spacial score (nSPS) is 21.7. The molecule has 2 aliphatic heterocycles. The maximum Gasteiger partial charge on any atom is 0.222 e. The number of rotatable bonds is 17. The van der Waals surface area contributed by atoms with Crippen LogP contribution in [0, 0.1) is 5.21 Å². The summed E-state index contributed by atoms with van der Waals surface area (Å²) in [6.07, 6.45) is 15.4. The van der Waals surface area contributed by atoms with Crippen molar-refractivity contribution in [1.29, 1.82) is 0 Å². The number of ether oxygens (including phenoxy) is 1. The Balaban J connectivity index is 1.28. The molecule has 2 saturated heterocycles. The van der Waals surface area contributed by atoms with E-state index < -0.39 is 28.3 Å². The highest BCUT2D eigenvalue weighted by molar-refractivity contribution is 7.79. The van der Waals surface area contributed by atoms with Crippen LogP contribution in [-0.2, 0) is 27.0 Å². The van der Waals surface area contributed by atoms with Gasteiger partial charge in [-0.3, -0.25) is 9.00 Å². The Hall–Kier alpha value is -2.87. The number of imidazole rings is 1. The molecule has 0 spiro atoms. The molecule has 0 bridgehead atoms. The van der Waals surface area contributed by atoms with Gasteiger partial charge < -0.3 is 38.7 Å². The zero-order chi connectivity index (χ0) is 36.9. The van der Waals surface area contributed by atoms with Gasteiger partial charge in [0.05, 0.1) is 25.1 Å². The Morgan fingerprint density at radius 1 is 1.02 bits per heavy atom. The smallest absolute Gasteiger partial charge is 0.222 e. The Morgan fingerprint density at radius 2 is 1.73 bits per heavy atom. The Kier molecular flexibility index (Phi) is 13.0. The van der Waals surface area contributed by atoms with Gasteiger partial charge in [0, 0.05) is 78.3 Å². The average molecular weight is 724 g/mol. The molecule has 3 aromatic rings. The summed E-state index contributed by atoms with van der Waals surface area (Å²) in [7, 11) is 0. The highest BCUT2D eigenvalue weighted by atomic mass is 32.2. The number of hydrogen-bond donors (Lipinski definition) is 1. The van der Waals surface area contributed by atoms with Crippen LogP contribution in [0.15, 0.2) is 66.3 Å². The standard InChI is InChI=1S/C39H58N5O6S/c1-7-32(42-18-15-40-27-42)22-33(43-16-8-9-37(43)46)21-31(30-10-12-36(13-11-30)51(48)49)19-28(2)41-17-14-29(25-41)20-34(45)26-50-35-23-38(3,4)44(47)39(5,6)24-35/h10-15,17-18,25,27-28,31-35,45H,7-9,16,19-24,26H2,1-6H3,(H,48,49)/q-1/p-1. The molecular formula is C39H57N5O6S-2. The summed E-state index contributed by atoms with van der Waals surface area (Å²) >= 11 is -2.31. The zero-order valence-electron chi connectivity index (χ0n) is 31.1. The number of aliphatic hydroxyl groups is 1. The van der Waals surface area contributed by atoms with Crippen molar-refractivity contribution in [2.45, 2.75) is 152 Å². The third kappa shape index (κ3) is 9.97. The van der Waals surface area contributed by atoms with Crippen LogP contribution in [0.5, 0.6) is 0 Å². The first kappa shape index (κ1) is 39.3. The fourth-order valence-electron chi connectivity index (χ4n) is 8.51. The molecule has 1 aromatic carbocycles. The molecule has 4 heterocycles. The van der Waals surface area contributed by atoms with E-state index in [2.05, 4.69) is 45.3 Å². The van der Waals surface area contributed by atoms with Gasteiger partial charge in [0.15, 0.2) is 0 Å². The van der Waals surface area contributed by atoms with Crippen molar-refractivity contribution < 1.29 is 23.4 Å². The van der Waals surface area contributed by atoms with E-state index in [0.29, 0.717) is 25.7 Å². The van der Waals surface area contributed by atoms with Gasteiger partial charge in [-0.2, -0.15) is 0 Å². The van der Waals surface area contributed by atoms with E-state index in [-0.39, 0.29) is 47.6 Å². The Bertz CT molecular complexity index is 1560. The molecule has 282 valence electrons. The maximum atomic E-state index is 13.1. The lowest BCUT2D eigenvalue weighted by molar-refractivity contribution is -0.130. The number of aromatic nitrogens is 3. The third-order valence-corrected chi connectivity index (χ3v) is 11.7. The number of likely N-dealkylation sites (tertiary alicyclic amines) is 1. The first-order valence-electron chi connectivity index (χ1n) is 18.6. The summed E-state index contributed by atoms with van der Waals surface area (Å²) in [6.45, 7) is 13.1. The highest BCUT2D eigenvalue weighted by Crippen LogP contribution is 2.39. The number of amides is 1. The van der Waals surface area contributed by atoms with Crippen LogP contribution in [-0.4, -0.2) is 86.3 Å². The van der Waals surface area contributed by atoms with E-state index >= 15 is 0 Å². The minimum atomic E-state index is -2.31. The fraction of sp³-hybridized carbons (Fsp3) is 0.641. The molecule has 0 aliphatic carbocycles.